The van der Waals surface area contributed by atoms with E-state index in [2.05, 4.69) is 73.3 Å². The first-order valence-corrected chi connectivity index (χ1v) is 12.4. The molecule has 0 aromatic heterocycles. The Labute approximate surface area is 189 Å². The van der Waals surface area contributed by atoms with Gasteiger partial charge in [-0.15, -0.1) is 0 Å². The Morgan fingerprint density at radius 3 is 2.52 bits per heavy atom. The van der Waals surface area contributed by atoms with Gasteiger partial charge in [0.1, 0.15) is 5.75 Å². The van der Waals surface area contributed by atoms with E-state index in [0.717, 1.165) is 18.9 Å². The van der Waals surface area contributed by atoms with E-state index in [0.29, 0.717) is 11.8 Å². The summed E-state index contributed by atoms with van der Waals surface area (Å²) < 4.78 is 6.44. The van der Waals surface area contributed by atoms with Crippen LogP contribution in [-0.2, 0) is 12.8 Å². The predicted octanol–water partition coefficient (Wildman–Crippen LogP) is 5.92. The molecule has 0 amide bonds. The lowest BCUT2D eigenvalue weighted by molar-refractivity contribution is 0.110. The Hall–Kier alpha value is -2.00. The Kier molecular flexibility index (Phi) is 7.55. The number of hydrogen-bond acceptors (Lipinski definition) is 3. The van der Waals surface area contributed by atoms with Gasteiger partial charge in [-0.2, -0.15) is 0 Å². The van der Waals surface area contributed by atoms with E-state index in [1.54, 1.807) is 0 Å². The summed E-state index contributed by atoms with van der Waals surface area (Å²) in [5.74, 6) is 2.17. The normalized spacial score (nSPS) is 21.5. The van der Waals surface area contributed by atoms with Crippen molar-refractivity contribution < 1.29 is 4.74 Å². The second-order valence-corrected chi connectivity index (χ2v) is 9.74. The van der Waals surface area contributed by atoms with Gasteiger partial charge >= 0.3 is 0 Å². The van der Waals surface area contributed by atoms with Crippen LogP contribution >= 0.6 is 0 Å². The topological polar surface area (TPSA) is 15.7 Å². The second-order valence-electron chi connectivity index (χ2n) is 9.74. The summed E-state index contributed by atoms with van der Waals surface area (Å²) in [5.41, 5.74) is 5.78. The summed E-state index contributed by atoms with van der Waals surface area (Å²) in [6.45, 7) is 6.66. The summed E-state index contributed by atoms with van der Waals surface area (Å²) in [5, 5.41) is 0. The molecule has 3 heteroatoms. The van der Waals surface area contributed by atoms with Gasteiger partial charge in [0.15, 0.2) is 0 Å². The average molecular weight is 421 g/mol. The smallest absolute Gasteiger partial charge is 0.119 e. The van der Waals surface area contributed by atoms with Crippen LogP contribution in [0.5, 0.6) is 5.75 Å². The molecule has 31 heavy (non-hydrogen) atoms. The molecule has 1 aliphatic heterocycles. The van der Waals surface area contributed by atoms with Gasteiger partial charge in [0.25, 0.3) is 0 Å². The quantitative estimate of drug-likeness (QED) is 0.527. The highest BCUT2D eigenvalue weighted by Gasteiger charge is 2.31. The third-order valence-corrected chi connectivity index (χ3v) is 7.27. The van der Waals surface area contributed by atoms with Crippen molar-refractivity contribution >= 4 is 5.69 Å². The maximum atomic E-state index is 6.44. The largest absolute Gasteiger partial charge is 0.493 e. The fourth-order valence-electron chi connectivity index (χ4n) is 5.32. The molecule has 1 fully saturated rings. The zero-order valence-electron chi connectivity index (χ0n) is 19.8. The second kappa shape index (κ2) is 10.5. The van der Waals surface area contributed by atoms with Crippen molar-refractivity contribution in [2.45, 2.75) is 57.8 Å². The molecule has 4 rings (SSSR count). The van der Waals surface area contributed by atoms with E-state index in [1.165, 1.54) is 80.4 Å². The Morgan fingerprint density at radius 1 is 1.00 bits per heavy atom. The fourth-order valence-corrected chi connectivity index (χ4v) is 5.32. The molecule has 168 valence electrons. The molecule has 0 radical (unpaired) electrons. The zero-order valence-corrected chi connectivity index (χ0v) is 19.8. The highest BCUT2D eigenvalue weighted by molar-refractivity contribution is 5.46. The van der Waals surface area contributed by atoms with E-state index >= 15 is 0 Å². The lowest BCUT2D eigenvalue weighted by Crippen LogP contribution is -2.42. The maximum absolute atomic E-state index is 6.44. The van der Waals surface area contributed by atoms with Crippen LogP contribution in [0, 0.1) is 5.92 Å². The standard InChI is InChI=1S/C28H40N2O/c1-4-5-17-30-18-16-28(23-10-13-26(14-11-23)29(2)3)25(20-30)21-31-27-15-12-22-8-6-7-9-24(22)19-27/h10-15,19,25,28H,4-9,16-18,20-21H2,1-3H3. The molecule has 2 unspecified atom stereocenters. The minimum Gasteiger partial charge on any atom is -0.493 e. The van der Waals surface area contributed by atoms with Gasteiger partial charge in [0.05, 0.1) is 6.61 Å². The summed E-state index contributed by atoms with van der Waals surface area (Å²) >= 11 is 0. The molecule has 2 atom stereocenters. The van der Waals surface area contributed by atoms with Gasteiger partial charge in [0, 0.05) is 32.2 Å². The minimum absolute atomic E-state index is 0.534. The average Bonchev–Trinajstić information content (AvgIpc) is 2.81. The number of unbranched alkanes of at least 4 members (excludes halogenated alkanes) is 1. The van der Waals surface area contributed by atoms with Crippen molar-refractivity contribution in [1.82, 2.24) is 4.90 Å². The first-order valence-electron chi connectivity index (χ1n) is 12.4. The number of hydrogen-bond donors (Lipinski definition) is 0. The van der Waals surface area contributed by atoms with E-state index in [1.807, 2.05) is 0 Å². The van der Waals surface area contributed by atoms with Crippen LogP contribution in [-0.4, -0.2) is 45.2 Å². The number of benzene rings is 2. The molecule has 2 aromatic rings. The lowest BCUT2D eigenvalue weighted by atomic mass is 9.80. The third kappa shape index (κ3) is 5.63. The van der Waals surface area contributed by atoms with Gasteiger partial charge in [0.2, 0.25) is 0 Å². The van der Waals surface area contributed by atoms with Gasteiger partial charge in [-0.3, -0.25) is 0 Å². The van der Waals surface area contributed by atoms with Crippen molar-refractivity contribution in [3.05, 3.63) is 59.2 Å². The van der Waals surface area contributed by atoms with Crippen LogP contribution in [0.25, 0.3) is 0 Å². The molecule has 0 spiro atoms. The number of aryl methyl sites for hydroxylation is 2. The number of nitrogens with zero attached hydrogens (tertiary/aromatic N) is 2. The number of fused-ring (bicyclic) bond motifs is 1. The first kappa shape index (κ1) is 22.2. The van der Waals surface area contributed by atoms with Crippen molar-refractivity contribution in [2.75, 3.05) is 45.2 Å². The number of anilines is 1. The van der Waals surface area contributed by atoms with E-state index in [-0.39, 0.29) is 0 Å². The van der Waals surface area contributed by atoms with Crippen molar-refractivity contribution in [3.63, 3.8) is 0 Å². The molecule has 1 aliphatic carbocycles. The minimum atomic E-state index is 0.534. The Bertz CT molecular complexity index is 829. The molecular weight excluding hydrogens is 380 g/mol. The van der Waals surface area contributed by atoms with Crippen LogP contribution in [0.1, 0.15) is 61.6 Å². The maximum Gasteiger partial charge on any atom is 0.119 e. The summed E-state index contributed by atoms with van der Waals surface area (Å²) in [7, 11) is 4.22. The lowest BCUT2D eigenvalue weighted by Gasteiger charge is -2.39. The number of ether oxygens (including phenoxy) is 1. The molecule has 0 bridgehead atoms. The van der Waals surface area contributed by atoms with Gasteiger partial charge in [-0.05, 0) is 98.5 Å². The number of piperidine rings is 1. The van der Waals surface area contributed by atoms with Crippen LogP contribution in [0.15, 0.2) is 42.5 Å². The Morgan fingerprint density at radius 2 is 1.77 bits per heavy atom. The Balaban J connectivity index is 1.46. The summed E-state index contributed by atoms with van der Waals surface area (Å²) in [6, 6.07) is 16.0. The van der Waals surface area contributed by atoms with Crippen molar-refractivity contribution in [2.24, 2.45) is 5.92 Å². The molecule has 2 aliphatic rings. The molecule has 3 nitrogen and oxygen atoms in total. The van der Waals surface area contributed by atoms with E-state index in [4.69, 9.17) is 4.74 Å². The van der Waals surface area contributed by atoms with Crippen LogP contribution in [0.3, 0.4) is 0 Å². The number of rotatable bonds is 8. The van der Waals surface area contributed by atoms with Gasteiger partial charge < -0.3 is 14.5 Å². The predicted molar refractivity (Wildman–Crippen MR) is 132 cm³/mol. The number of likely N-dealkylation sites (tertiary alicyclic amines) is 1. The molecule has 0 N–H and O–H groups in total. The van der Waals surface area contributed by atoms with E-state index in [9.17, 15) is 0 Å². The third-order valence-electron chi connectivity index (χ3n) is 7.27. The van der Waals surface area contributed by atoms with E-state index < -0.39 is 0 Å². The van der Waals surface area contributed by atoms with Crippen LogP contribution in [0.4, 0.5) is 5.69 Å². The van der Waals surface area contributed by atoms with Crippen LogP contribution < -0.4 is 9.64 Å². The van der Waals surface area contributed by atoms with Gasteiger partial charge in [-0.1, -0.05) is 31.5 Å². The summed E-state index contributed by atoms with van der Waals surface area (Å²) in [6.07, 6.45) is 8.87. The highest BCUT2D eigenvalue weighted by Crippen LogP contribution is 2.35. The molecular formula is C28H40N2O. The molecule has 1 heterocycles. The molecule has 2 aromatic carbocycles. The van der Waals surface area contributed by atoms with Crippen molar-refractivity contribution in [3.8, 4) is 5.75 Å². The van der Waals surface area contributed by atoms with Crippen molar-refractivity contribution in [1.29, 1.82) is 0 Å². The molecule has 1 saturated heterocycles. The summed E-state index contributed by atoms with van der Waals surface area (Å²) in [4.78, 5) is 4.84. The highest BCUT2D eigenvalue weighted by atomic mass is 16.5. The monoisotopic (exact) mass is 420 g/mol. The zero-order chi connectivity index (χ0) is 21.6. The fraction of sp³-hybridized carbons (Fsp3) is 0.571. The van der Waals surface area contributed by atoms with Crippen LogP contribution in [0.2, 0.25) is 0 Å². The van der Waals surface area contributed by atoms with Gasteiger partial charge in [-0.25, -0.2) is 0 Å². The SMILES string of the molecule is CCCCN1CCC(c2ccc(N(C)C)cc2)C(COc2ccc3c(c2)CCCC3)C1. The first-order chi connectivity index (χ1) is 15.1. The molecule has 0 saturated carbocycles.